The van der Waals surface area contributed by atoms with E-state index < -0.39 is 0 Å². The highest BCUT2D eigenvalue weighted by Crippen LogP contribution is 2.33. The number of nitrogens with one attached hydrogen (secondary N) is 1. The average molecular weight is 207 g/mol. The molecule has 2 nitrogen and oxygen atoms in total. The monoisotopic (exact) mass is 207 g/mol. The maximum Gasteiger partial charge on any atom is 0.111 e. The maximum absolute atomic E-state index is 5.62. The Labute approximate surface area is 92.1 Å². The molecule has 0 amide bonds. The summed E-state index contributed by atoms with van der Waals surface area (Å²) in [4.78, 5) is 0. The fraction of sp³-hybridized carbons (Fsp3) is 0.692. The lowest BCUT2D eigenvalue weighted by atomic mass is 9.90. The zero-order valence-corrected chi connectivity index (χ0v) is 9.92. The largest absolute Gasteiger partial charge is 0.469 e. The number of aryl methyl sites for hydroxylation is 1. The van der Waals surface area contributed by atoms with Crippen LogP contribution in [0, 0.1) is 12.8 Å². The van der Waals surface area contributed by atoms with Crippen LogP contribution < -0.4 is 5.32 Å². The van der Waals surface area contributed by atoms with Gasteiger partial charge in [-0.3, -0.25) is 0 Å². The molecule has 2 rings (SSSR count). The van der Waals surface area contributed by atoms with Crippen molar-refractivity contribution in [2.45, 2.75) is 45.6 Å². The molecule has 1 N–H and O–H groups in total. The summed E-state index contributed by atoms with van der Waals surface area (Å²) in [7, 11) is 0. The van der Waals surface area contributed by atoms with Gasteiger partial charge in [0.05, 0.1) is 6.26 Å². The zero-order chi connectivity index (χ0) is 10.8. The molecular weight excluding hydrogens is 186 g/mol. The molecule has 2 heterocycles. The van der Waals surface area contributed by atoms with Crippen molar-refractivity contribution in [1.82, 2.24) is 5.32 Å². The minimum absolute atomic E-state index is 0.586. The van der Waals surface area contributed by atoms with E-state index in [1.807, 2.05) is 6.26 Å². The van der Waals surface area contributed by atoms with Gasteiger partial charge in [0, 0.05) is 12.0 Å². The lowest BCUT2D eigenvalue weighted by Crippen LogP contribution is -2.27. The SMILES string of the molecule is Cc1ccoc1C1CCNC1CC(C)C. The van der Waals surface area contributed by atoms with Crippen molar-refractivity contribution in [1.29, 1.82) is 0 Å². The Morgan fingerprint density at radius 1 is 1.53 bits per heavy atom. The average Bonchev–Trinajstić information content (AvgIpc) is 2.73. The van der Waals surface area contributed by atoms with E-state index in [0.717, 1.165) is 12.5 Å². The van der Waals surface area contributed by atoms with Crippen LogP contribution in [0.4, 0.5) is 0 Å². The Balaban J connectivity index is 2.11. The minimum Gasteiger partial charge on any atom is -0.469 e. The molecule has 1 saturated heterocycles. The molecule has 1 aliphatic heterocycles. The van der Waals surface area contributed by atoms with Crippen LogP contribution in [0.2, 0.25) is 0 Å². The zero-order valence-electron chi connectivity index (χ0n) is 9.92. The van der Waals surface area contributed by atoms with Crippen LogP contribution >= 0.6 is 0 Å². The fourth-order valence-electron chi connectivity index (χ4n) is 2.60. The van der Waals surface area contributed by atoms with Gasteiger partial charge in [0.1, 0.15) is 5.76 Å². The van der Waals surface area contributed by atoms with Gasteiger partial charge in [-0.05, 0) is 43.9 Å². The van der Waals surface area contributed by atoms with Gasteiger partial charge in [0.2, 0.25) is 0 Å². The van der Waals surface area contributed by atoms with E-state index in [1.165, 1.54) is 24.2 Å². The van der Waals surface area contributed by atoms with Crippen molar-refractivity contribution >= 4 is 0 Å². The Hall–Kier alpha value is -0.760. The lowest BCUT2D eigenvalue weighted by molar-refractivity contribution is 0.383. The molecule has 0 aliphatic carbocycles. The van der Waals surface area contributed by atoms with E-state index in [0.29, 0.717) is 12.0 Å². The third-order valence-electron chi connectivity index (χ3n) is 3.31. The molecule has 1 aliphatic rings. The molecule has 0 aromatic carbocycles. The summed E-state index contributed by atoms with van der Waals surface area (Å²) < 4.78 is 5.62. The summed E-state index contributed by atoms with van der Waals surface area (Å²) >= 11 is 0. The van der Waals surface area contributed by atoms with Gasteiger partial charge in [0.15, 0.2) is 0 Å². The molecule has 2 heteroatoms. The van der Waals surface area contributed by atoms with Crippen LogP contribution in [0.15, 0.2) is 16.7 Å². The highest BCUT2D eigenvalue weighted by atomic mass is 16.3. The topological polar surface area (TPSA) is 25.2 Å². The number of hydrogen-bond acceptors (Lipinski definition) is 2. The third-order valence-corrected chi connectivity index (χ3v) is 3.31. The van der Waals surface area contributed by atoms with Crippen LogP contribution in [0.1, 0.15) is 43.9 Å². The molecule has 1 aromatic heterocycles. The molecule has 84 valence electrons. The van der Waals surface area contributed by atoms with Gasteiger partial charge in [-0.1, -0.05) is 13.8 Å². The summed E-state index contributed by atoms with van der Waals surface area (Å²) in [6.45, 7) is 7.84. The van der Waals surface area contributed by atoms with Crippen LogP contribution in [0.25, 0.3) is 0 Å². The van der Waals surface area contributed by atoms with E-state index in [9.17, 15) is 0 Å². The Bertz CT molecular complexity index is 316. The first kappa shape index (κ1) is 10.7. The van der Waals surface area contributed by atoms with Gasteiger partial charge >= 0.3 is 0 Å². The molecule has 0 saturated carbocycles. The van der Waals surface area contributed by atoms with Crippen LogP contribution in [0.5, 0.6) is 0 Å². The van der Waals surface area contributed by atoms with Gasteiger partial charge in [-0.15, -0.1) is 0 Å². The summed E-state index contributed by atoms with van der Waals surface area (Å²) in [6.07, 6.45) is 4.27. The predicted octanol–water partition coefficient (Wildman–Crippen LogP) is 3.08. The normalized spacial score (nSPS) is 26.4. The summed E-state index contributed by atoms with van der Waals surface area (Å²) in [5.41, 5.74) is 1.30. The number of furan rings is 1. The summed E-state index contributed by atoms with van der Waals surface area (Å²) in [5, 5.41) is 3.59. The minimum atomic E-state index is 0.586. The highest BCUT2D eigenvalue weighted by Gasteiger charge is 2.31. The van der Waals surface area contributed by atoms with E-state index in [1.54, 1.807) is 0 Å². The molecular formula is C13H21NO. The van der Waals surface area contributed by atoms with Crippen molar-refractivity contribution in [2.24, 2.45) is 5.92 Å². The Morgan fingerprint density at radius 3 is 2.93 bits per heavy atom. The third kappa shape index (κ3) is 2.25. The second-order valence-corrected chi connectivity index (χ2v) is 5.05. The molecule has 1 aromatic rings. The van der Waals surface area contributed by atoms with E-state index >= 15 is 0 Å². The maximum atomic E-state index is 5.62. The van der Waals surface area contributed by atoms with E-state index in [4.69, 9.17) is 4.42 Å². The second-order valence-electron chi connectivity index (χ2n) is 5.05. The number of hydrogen-bond donors (Lipinski definition) is 1. The predicted molar refractivity (Wildman–Crippen MR) is 62.0 cm³/mol. The second kappa shape index (κ2) is 4.40. The first-order valence-electron chi connectivity index (χ1n) is 5.96. The first-order valence-corrected chi connectivity index (χ1v) is 5.96. The van der Waals surface area contributed by atoms with E-state index in [2.05, 4.69) is 32.2 Å². The van der Waals surface area contributed by atoms with Gasteiger partial charge in [0.25, 0.3) is 0 Å². The molecule has 0 radical (unpaired) electrons. The fourth-order valence-corrected chi connectivity index (χ4v) is 2.60. The smallest absolute Gasteiger partial charge is 0.111 e. The van der Waals surface area contributed by atoms with Crippen molar-refractivity contribution in [2.75, 3.05) is 6.54 Å². The highest BCUT2D eigenvalue weighted by molar-refractivity contribution is 5.21. The van der Waals surface area contributed by atoms with Crippen molar-refractivity contribution in [3.8, 4) is 0 Å². The van der Waals surface area contributed by atoms with Crippen LogP contribution in [-0.4, -0.2) is 12.6 Å². The molecule has 2 unspecified atom stereocenters. The molecule has 1 fully saturated rings. The standard InChI is InChI=1S/C13H21NO/c1-9(2)8-12-11(4-6-14-12)13-10(3)5-7-15-13/h5,7,9,11-12,14H,4,6,8H2,1-3H3. The van der Waals surface area contributed by atoms with Gasteiger partial charge < -0.3 is 9.73 Å². The molecule has 0 bridgehead atoms. The van der Waals surface area contributed by atoms with Gasteiger partial charge in [-0.2, -0.15) is 0 Å². The quantitative estimate of drug-likeness (QED) is 0.824. The molecule has 15 heavy (non-hydrogen) atoms. The number of rotatable bonds is 3. The van der Waals surface area contributed by atoms with Gasteiger partial charge in [-0.25, -0.2) is 0 Å². The summed E-state index contributed by atoms with van der Waals surface area (Å²) in [6, 6.07) is 2.68. The van der Waals surface area contributed by atoms with Crippen molar-refractivity contribution in [3.63, 3.8) is 0 Å². The Morgan fingerprint density at radius 2 is 2.33 bits per heavy atom. The molecule has 0 spiro atoms. The van der Waals surface area contributed by atoms with E-state index in [-0.39, 0.29) is 0 Å². The lowest BCUT2D eigenvalue weighted by Gasteiger charge is -2.20. The van der Waals surface area contributed by atoms with Crippen molar-refractivity contribution in [3.05, 3.63) is 23.7 Å². The van der Waals surface area contributed by atoms with Crippen LogP contribution in [-0.2, 0) is 0 Å². The summed E-state index contributed by atoms with van der Waals surface area (Å²) in [5.74, 6) is 2.53. The first-order chi connectivity index (χ1) is 7.18. The molecule has 2 atom stereocenters. The van der Waals surface area contributed by atoms with Crippen LogP contribution in [0.3, 0.4) is 0 Å². The Kier molecular flexibility index (Phi) is 3.15. The van der Waals surface area contributed by atoms with Crippen molar-refractivity contribution < 1.29 is 4.42 Å².